The van der Waals surface area contributed by atoms with Gasteiger partial charge in [-0.1, -0.05) is 6.07 Å². The molecule has 3 heterocycles. The first-order valence-electron chi connectivity index (χ1n) is 5.98. The number of aromatic nitrogens is 4. The summed E-state index contributed by atoms with van der Waals surface area (Å²) in [6.45, 7) is 6.09. The van der Waals surface area contributed by atoms with E-state index in [1.165, 1.54) is 0 Å². The Balaban J connectivity index is 2.39. The monoisotopic (exact) mass is 258 g/mol. The van der Waals surface area contributed by atoms with Gasteiger partial charge in [0.2, 0.25) is 0 Å². The van der Waals surface area contributed by atoms with Crippen LogP contribution in [0.1, 0.15) is 31.3 Å². The molecule has 0 saturated heterocycles. The number of fused-ring (bicyclic) bond motifs is 3. The zero-order valence-corrected chi connectivity index (χ0v) is 11.0. The third-order valence-electron chi connectivity index (χ3n) is 3.01. The number of pyridine rings is 1. The number of hydrogen-bond donors (Lipinski definition) is 1. The van der Waals surface area contributed by atoms with Crippen LogP contribution in [0.5, 0.6) is 0 Å². The molecule has 0 aliphatic carbocycles. The summed E-state index contributed by atoms with van der Waals surface area (Å²) in [6, 6.07) is 5.02. The topological polar surface area (TPSA) is 72.4 Å². The van der Waals surface area contributed by atoms with Gasteiger partial charge in [0, 0.05) is 0 Å². The lowest BCUT2D eigenvalue weighted by molar-refractivity contribution is 0.0689. The average Bonchev–Trinajstić information content (AvgIpc) is 2.83. The number of carbonyl (C=O) groups is 1. The van der Waals surface area contributed by atoms with E-state index in [2.05, 4.69) is 10.1 Å². The molecular weight excluding hydrogens is 244 g/mol. The van der Waals surface area contributed by atoms with E-state index in [1.807, 2.05) is 27.0 Å². The zero-order chi connectivity index (χ0) is 13.8. The van der Waals surface area contributed by atoms with Crippen molar-refractivity contribution in [1.82, 2.24) is 19.2 Å². The van der Waals surface area contributed by atoms with Crippen LogP contribution in [0.3, 0.4) is 0 Å². The molecule has 3 rings (SSSR count). The molecule has 3 aromatic heterocycles. The third-order valence-corrected chi connectivity index (χ3v) is 3.01. The Bertz CT molecular complexity index is 792. The number of aromatic carboxylic acids is 1. The van der Waals surface area contributed by atoms with Crippen LogP contribution in [0.25, 0.3) is 16.8 Å². The van der Waals surface area contributed by atoms with E-state index in [0.717, 1.165) is 0 Å². The molecule has 0 saturated carbocycles. The van der Waals surface area contributed by atoms with Crippen LogP contribution in [-0.4, -0.2) is 30.2 Å². The Morgan fingerprint density at radius 3 is 2.68 bits per heavy atom. The molecule has 6 heteroatoms. The normalized spacial score (nSPS) is 12.4. The Labute approximate surface area is 109 Å². The first-order chi connectivity index (χ1) is 8.88. The van der Waals surface area contributed by atoms with E-state index in [9.17, 15) is 9.90 Å². The zero-order valence-electron chi connectivity index (χ0n) is 11.0. The third kappa shape index (κ3) is 1.68. The van der Waals surface area contributed by atoms with Crippen LogP contribution >= 0.6 is 0 Å². The molecule has 0 aromatic carbocycles. The number of nitrogens with zero attached hydrogens (tertiary/aromatic N) is 4. The fraction of sp³-hybridized carbons (Fsp3) is 0.308. The molecule has 3 aromatic rings. The molecule has 0 atom stereocenters. The van der Waals surface area contributed by atoms with E-state index in [-0.39, 0.29) is 11.2 Å². The van der Waals surface area contributed by atoms with Gasteiger partial charge in [0.15, 0.2) is 5.65 Å². The highest BCUT2D eigenvalue weighted by atomic mass is 16.4. The minimum absolute atomic E-state index is 0.168. The molecule has 0 fully saturated rings. The summed E-state index contributed by atoms with van der Waals surface area (Å²) in [4.78, 5) is 15.6. The maximum Gasteiger partial charge on any atom is 0.352 e. The number of carboxylic acids is 1. The quantitative estimate of drug-likeness (QED) is 0.725. The van der Waals surface area contributed by atoms with Gasteiger partial charge in [-0.25, -0.2) is 9.78 Å². The van der Waals surface area contributed by atoms with Gasteiger partial charge >= 0.3 is 5.97 Å². The summed E-state index contributed by atoms with van der Waals surface area (Å²) in [7, 11) is 0. The van der Waals surface area contributed by atoms with Gasteiger partial charge in [-0.2, -0.15) is 5.10 Å². The highest BCUT2D eigenvalue weighted by Gasteiger charge is 2.19. The number of rotatable bonds is 1. The van der Waals surface area contributed by atoms with Gasteiger partial charge in [0.05, 0.1) is 11.7 Å². The first-order valence-corrected chi connectivity index (χ1v) is 5.98. The van der Waals surface area contributed by atoms with Crippen molar-refractivity contribution in [2.75, 3.05) is 0 Å². The van der Waals surface area contributed by atoms with Crippen molar-refractivity contribution in [3.05, 3.63) is 30.1 Å². The Hall–Kier alpha value is -2.37. The number of carboxylic acid groups (broad SMARTS) is 1. The van der Waals surface area contributed by atoms with Crippen molar-refractivity contribution in [2.24, 2.45) is 0 Å². The number of imidazole rings is 1. The summed E-state index contributed by atoms with van der Waals surface area (Å²) < 4.78 is 3.42. The van der Waals surface area contributed by atoms with Crippen LogP contribution in [0, 0.1) is 0 Å². The summed E-state index contributed by atoms with van der Waals surface area (Å²) in [6.07, 6.45) is 1.84. The van der Waals surface area contributed by atoms with Crippen LogP contribution in [0.4, 0.5) is 0 Å². The van der Waals surface area contributed by atoms with Crippen molar-refractivity contribution >= 4 is 22.8 Å². The predicted octanol–water partition coefficient (Wildman–Crippen LogP) is 2.14. The molecule has 0 aliphatic rings. The fourth-order valence-electron chi connectivity index (χ4n) is 2.05. The van der Waals surface area contributed by atoms with Crippen molar-refractivity contribution in [3.63, 3.8) is 0 Å². The molecule has 1 N–H and O–H groups in total. The minimum atomic E-state index is -0.978. The molecule has 0 amide bonds. The van der Waals surface area contributed by atoms with E-state index >= 15 is 0 Å². The molecule has 6 nitrogen and oxygen atoms in total. The second-order valence-corrected chi connectivity index (χ2v) is 5.47. The SMILES string of the molecule is CC(C)(C)n1cc2c(nc3cccc(C(=O)O)n32)n1. The van der Waals surface area contributed by atoms with Crippen LogP contribution in [0.2, 0.25) is 0 Å². The maximum atomic E-state index is 11.3. The van der Waals surface area contributed by atoms with Crippen molar-refractivity contribution in [3.8, 4) is 0 Å². The van der Waals surface area contributed by atoms with Gasteiger partial charge in [0.25, 0.3) is 0 Å². The Kier molecular flexibility index (Phi) is 2.20. The highest BCUT2D eigenvalue weighted by molar-refractivity contribution is 5.90. The van der Waals surface area contributed by atoms with E-state index in [4.69, 9.17) is 0 Å². The van der Waals surface area contributed by atoms with Crippen molar-refractivity contribution < 1.29 is 9.90 Å². The maximum absolute atomic E-state index is 11.3. The molecule has 0 spiro atoms. The molecule has 0 unspecified atom stereocenters. The lowest BCUT2D eigenvalue weighted by Crippen LogP contribution is -2.22. The summed E-state index contributed by atoms with van der Waals surface area (Å²) in [5.41, 5.74) is 1.89. The van der Waals surface area contributed by atoms with Gasteiger partial charge in [0.1, 0.15) is 16.9 Å². The standard InChI is InChI=1S/C13H14N4O2/c1-13(2,3)16-7-9-11(15-16)14-10-6-4-5-8(12(18)19)17(9)10/h4-7H,1-3H3,(H,18,19). The first kappa shape index (κ1) is 11.7. The summed E-state index contributed by atoms with van der Waals surface area (Å²) in [5, 5.41) is 13.7. The molecule has 0 aliphatic heterocycles. The van der Waals surface area contributed by atoms with Crippen molar-refractivity contribution in [2.45, 2.75) is 26.3 Å². The average molecular weight is 258 g/mol. The van der Waals surface area contributed by atoms with Crippen LogP contribution in [0.15, 0.2) is 24.4 Å². The molecule has 0 bridgehead atoms. The molecule has 0 radical (unpaired) electrons. The minimum Gasteiger partial charge on any atom is -0.477 e. The predicted molar refractivity (Wildman–Crippen MR) is 70.4 cm³/mol. The molecule has 19 heavy (non-hydrogen) atoms. The van der Waals surface area contributed by atoms with Crippen molar-refractivity contribution in [1.29, 1.82) is 0 Å². The van der Waals surface area contributed by atoms with E-state index < -0.39 is 5.97 Å². The smallest absolute Gasteiger partial charge is 0.352 e. The largest absolute Gasteiger partial charge is 0.477 e. The van der Waals surface area contributed by atoms with E-state index in [0.29, 0.717) is 16.8 Å². The summed E-state index contributed by atoms with van der Waals surface area (Å²) in [5.74, 6) is -0.978. The second kappa shape index (κ2) is 3.57. The van der Waals surface area contributed by atoms with Gasteiger partial charge in [-0.05, 0) is 32.9 Å². The summed E-state index contributed by atoms with van der Waals surface area (Å²) >= 11 is 0. The number of hydrogen-bond acceptors (Lipinski definition) is 3. The Morgan fingerprint density at radius 2 is 2.05 bits per heavy atom. The van der Waals surface area contributed by atoms with Crippen LogP contribution < -0.4 is 0 Å². The fourth-order valence-corrected chi connectivity index (χ4v) is 2.05. The van der Waals surface area contributed by atoms with E-state index in [1.54, 1.807) is 27.3 Å². The Morgan fingerprint density at radius 1 is 1.32 bits per heavy atom. The molecular formula is C13H14N4O2. The lowest BCUT2D eigenvalue weighted by Gasteiger charge is -2.18. The lowest BCUT2D eigenvalue weighted by atomic mass is 10.1. The molecule has 98 valence electrons. The van der Waals surface area contributed by atoms with Gasteiger partial charge in [-0.3, -0.25) is 9.08 Å². The van der Waals surface area contributed by atoms with Crippen LogP contribution in [-0.2, 0) is 5.54 Å². The second-order valence-electron chi connectivity index (χ2n) is 5.47. The van der Waals surface area contributed by atoms with Gasteiger partial charge in [-0.15, -0.1) is 0 Å². The highest BCUT2D eigenvalue weighted by Crippen LogP contribution is 2.21. The van der Waals surface area contributed by atoms with Gasteiger partial charge < -0.3 is 5.11 Å².